The molecule has 1 aromatic carbocycles. The summed E-state index contributed by atoms with van der Waals surface area (Å²) in [5.41, 5.74) is 6.41. The molecule has 2 rings (SSSR count). The molecule has 6 heteroatoms. The number of nitrogens with two attached hydrogens (primary N) is 1. The maximum Gasteiger partial charge on any atom is 0.218 e. The molecule has 1 heterocycles. The third-order valence-corrected chi connectivity index (χ3v) is 4.30. The monoisotopic (exact) mass is 322 g/mol. The van der Waals surface area contributed by atoms with E-state index >= 15 is 0 Å². The van der Waals surface area contributed by atoms with E-state index in [-0.39, 0.29) is 11.9 Å². The Hall–Kier alpha value is -1.79. The Kier molecular flexibility index (Phi) is 6.67. The number of amides is 1. The molecule has 1 aliphatic heterocycles. The highest BCUT2D eigenvalue weighted by Crippen LogP contribution is 2.31. The summed E-state index contributed by atoms with van der Waals surface area (Å²) in [5, 5.41) is 3.47. The molecule has 1 fully saturated rings. The number of rotatable bonds is 8. The lowest BCUT2D eigenvalue weighted by molar-refractivity contribution is -0.119. The van der Waals surface area contributed by atoms with Crippen molar-refractivity contribution in [3.8, 4) is 11.5 Å². The van der Waals surface area contributed by atoms with Crippen molar-refractivity contribution in [1.82, 2.24) is 5.32 Å². The van der Waals surface area contributed by atoms with Crippen molar-refractivity contribution in [2.24, 2.45) is 11.7 Å². The van der Waals surface area contributed by atoms with Gasteiger partial charge in [0.1, 0.15) is 0 Å². The minimum Gasteiger partial charge on any atom is -0.493 e. The highest BCUT2D eigenvalue weighted by Gasteiger charge is 2.25. The third kappa shape index (κ3) is 4.84. The van der Waals surface area contributed by atoms with Gasteiger partial charge in [0.2, 0.25) is 5.91 Å². The van der Waals surface area contributed by atoms with E-state index in [1.807, 2.05) is 18.2 Å². The second kappa shape index (κ2) is 8.74. The predicted molar refractivity (Wildman–Crippen MR) is 87.5 cm³/mol. The highest BCUT2D eigenvalue weighted by molar-refractivity contribution is 5.74. The second-order valence-electron chi connectivity index (χ2n) is 5.76. The van der Waals surface area contributed by atoms with Crippen LogP contribution in [0.1, 0.15) is 24.8 Å². The van der Waals surface area contributed by atoms with Gasteiger partial charge in [0.05, 0.1) is 14.2 Å². The topological polar surface area (TPSA) is 82.8 Å². The van der Waals surface area contributed by atoms with Gasteiger partial charge >= 0.3 is 0 Å². The van der Waals surface area contributed by atoms with Gasteiger partial charge in [-0.15, -0.1) is 0 Å². The number of methoxy groups -OCH3 is 2. The summed E-state index contributed by atoms with van der Waals surface area (Å²) in [6.45, 7) is 2.07. The van der Waals surface area contributed by atoms with E-state index in [0.29, 0.717) is 30.4 Å². The van der Waals surface area contributed by atoms with E-state index in [9.17, 15) is 4.79 Å². The molecule has 6 nitrogen and oxygen atoms in total. The van der Waals surface area contributed by atoms with Crippen LogP contribution in [-0.4, -0.2) is 39.4 Å². The normalized spacial score (nSPS) is 16.8. The Morgan fingerprint density at radius 3 is 2.70 bits per heavy atom. The van der Waals surface area contributed by atoms with Crippen LogP contribution in [0, 0.1) is 5.92 Å². The number of carbonyl (C=O) groups is 1. The number of nitrogens with one attached hydrogen (secondary N) is 1. The van der Waals surface area contributed by atoms with Crippen molar-refractivity contribution < 1.29 is 19.0 Å². The third-order valence-electron chi connectivity index (χ3n) is 4.30. The summed E-state index contributed by atoms with van der Waals surface area (Å²) in [7, 11) is 3.24. The zero-order valence-corrected chi connectivity index (χ0v) is 13.8. The van der Waals surface area contributed by atoms with Crippen molar-refractivity contribution in [2.75, 3.05) is 27.4 Å². The van der Waals surface area contributed by atoms with E-state index in [2.05, 4.69) is 5.32 Å². The van der Waals surface area contributed by atoms with Crippen molar-refractivity contribution in [3.05, 3.63) is 23.8 Å². The lowest BCUT2D eigenvalue weighted by Gasteiger charge is -2.30. The Morgan fingerprint density at radius 2 is 2.09 bits per heavy atom. The van der Waals surface area contributed by atoms with Crippen LogP contribution in [0.25, 0.3) is 0 Å². The van der Waals surface area contributed by atoms with Gasteiger partial charge < -0.3 is 25.3 Å². The summed E-state index contributed by atoms with van der Waals surface area (Å²) < 4.78 is 16.2. The average Bonchev–Trinajstić information content (AvgIpc) is 2.58. The van der Waals surface area contributed by atoms with Crippen molar-refractivity contribution in [1.29, 1.82) is 0 Å². The Morgan fingerprint density at radius 1 is 1.35 bits per heavy atom. The molecule has 23 heavy (non-hydrogen) atoms. The molecule has 0 spiro atoms. The molecule has 0 aliphatic carbocycles. The van der Waals surface area contributed by atoms with Crippen molar-refractivity contribution >= 4 is 5.91 Å². The zero-order valence-electron chi connectivity index (χ0n) is 13.8. The van der Waals surface area contributed by atoms with E-state index in [1.54, 1.807) is 14.2 Å². The molecular formula is C17H26N2O4. The van der Waals surface area contributed by atoms with Crippen LogP contribution in [0.2, 0.25) is 0 Å². The van der Waals surface area contributed by atoms with Gasteiger partial charge in [0, 0.05) is 37.8 Å². The maximum absolute atomic E-state index is 11.4. The fourth-order valence-corrected chi connectivity index (χ4v) is 3.07. The second-order valence-corrected chi connectivity index (χ2v) is 5.76. The standard InChI is InChI=1S/C17H26N2O4/c1-21-15-5-3-4-13(17(15)22-2)11-19-14(10-16(18)20)12-6-8-23-9-7-12/h3-5,12,14,19H,6-11H2,1-2H3,(H2,18,20). The number of benzene rings is 1. The molecule has 0 saturated carbocycles. The largest absolute Gasteiger partial charge is 0.493 e. The van der Waals surface area contributed by atoms with Crippen LogP contribution < -0.4 is 20.5 Å². The van der Waals surface area contributed by atoms with Gasteiger partial charge in [-0.25, -0.2) is 0 Å². The first-order valence-electron chi connectivity index (χ1n) is 7.95. The molecule has 0 radical (unpaired) electrons. The number of primary amides is 1. The highest BCUT2D eigenvalue weighted by atomic mass is 16.5. The average molecular weight is 322 g/mol. The number of ether oxygens (including phenoxy) is 3. The molecule has 1 amide bonds. The van der Waals surface area contributed by atoms with Crippen LogP contribution in [0.3, 0.4) is 0 Å². The minimum atomic E-state index is -0.286. The van der Waals surface area contributed by atoms with Crippen LogP contribution in [0.15, 0.2) is 18.2 Å². The summed E-state index contributed by atoms with van der Waals surface area (Å²) in [5.74, 6) is 1.52. The Balaban J connectivity index is 2.06. The molecule has 1 unspecified atom stereocenters. The molecule has 1 aromatic rings. The summed E-state index contributed by atoms with van der Waals surface area (Å²) in [4.78, 5) is 11.4. The first-order chi connectivity index (χ1) is 11.2. The fourth-order valence-electron chi connectivity index (χ4n) is 3.07. The molecule has 1 aliphatic rings. The maximum atomic E-state index is 11.4. The Bertz CT molecular complexity index is 515. The van der Waals surface area contributed by atoms with Gasteiger partial charge in [-0.2, -0.15) is 0 Å². The summed E-state index contributed by atoms with van der Waals surface area (Å²) in [6, 6.07) is 5.82. The van der Waals surface area contributed by atoms with Gasteiger partial charge in [-0.3, -0.25) is 4.79 Å². The fraction of sp³-hybridized carbons (Fsp3) is 0.588. The first kappa shape index (κ1) is 17.6. The molecule has 1 saturated heterocycles. The van der Waals surface area contributed by atoms with E-state index in [1.165, 1.54) is 0 Å². The lowest BCUT2D eigenvalue weighted by atomic mass is 9.89. The van der Waals surface area contributed by atoms with E-state index in [4.69, 9.17) is 19.9 Å². The van der Waals surface area contributed by atoms with Gasteiger partial charge in [-0.05, 0) is 24.8 Å². The van der Waals surface area contributed by atoms with Gasteiger partial charge in [-0.1, -0.05) is 12.1 Å². The molecule has 1 atom stereocenters. The van der Waals surface area contributed by atoms with Crippen LogP contribution in [0.4, 0.5) is 0 Å². The van der Waals surface area contributed by atoms with Crippen molar-refractivity contribution in [3.63, 3.8) is 0 Å². The summed E-state index contributed by atoms with van der Waals surface area (Å²) >= 11 is 0. The van der Waals surface area contributed by atoms with E-state index in [0.717, 1.165) is 31.6 Å². The molecule has 0 aromatic heterocycles. The number of para-hydroxylation sites is 1. The minimum absolute atomic E-state index is 0.0484. The van der Waals surface area contributed by atoms with E-state index < -0.39 is 0 Å². The molecule has 3 N–H and O–H groups in total. The van der Waals surface area contributed by atoms with Crippen LogP contribution in [-0.2, 0) is 16.1 Å². The molecule has 128 valence electrons. The number of carbonyl (C=O) groups excluding carboxylic acids is 1. The first-order valence-corrected chi connectivity index (χ1v) is 7.95. The Labute approximate surface area is 137 Å². The quantitative estimate of drug-likeness (QED) is 0.757. The van der Waals surface area contributed by atoms with Gasteiger partial charge in [0.25, 0.3) is 0 Å². The summed E-state index contributed by atoms with van der Waals surface area (Å²) in [6.07, 6.45) is 2.22. The number of hydrogen-bond acceptors (Lipinski definition) is 5. The predicted octanol–water partition coefficient (Wildman–Crippen LogP) is 1.46. The lowest BCUT2D eigenvalue weighted by Crippen LogP contribution is -2.41. The smallest absolute Gasteiger partial charge is 0.218 e. The van der Waals surface area contributed by atoms with Crippen LogP contribution in [0.5, 0.6) is 11.5 Å². The SMILES string of the molecule is COc1cccc(CNC(CC(N)=O)C2CCOCC2)c1OC. The van der Waals surface area contributed by atoms with Gasteiger partial charge in [0.15, 0.2) is 11.5 Å². The molecule has 0 bridgehead atoms. The number of hydrogen-bond donors (Lipinski definition) is 2. The van der Waals surface area contributed by atoms with Crippen molar-refractivity contribution in [2.45, 2.75) is 31.8 Å². The van der Waals surface area contributed by atoms with Crippen LogP contribution >= 0.6 is 0 Å². The molecular weight excluding hydrogens is 296 g/mol. The zero-order chi connectivity index (χ0) is 16.7.